The van der Waals surface area contributed by atoms with Gasteiger partial charge in [0.05, 0.1) is 0 Å². The highest BCUT2D eigenvalue weighted by Gasteiger charge is 2.16. The van der Waals surface area contributed by atoms with Crippen LogP contribution in [0.5, 0.6) is 0 Å². The molecule has 0 aliphatic rings. The lowest BCUT2D eigenvalue weighted by Crippen LogP contribution is -2.10. The van der Waals surface area contributed by atoms with Gasteiger partial charge in [0.1, 0.15) is 6.10 Å². The third kappa shape index (κ3) is 3.51. The normalized spacial score (nSPS) is 13.1. The van der Waals surface area contributed by atoms with Crippen LogP contribution >= 0.6 is 0 Å². The van der Waals surface area contributed by atoms with E-state index in [4.69, 9.17) is 9.26 Å². The second kappa shape index (κ2) is 5.70. The van der Waals surface area contributed by atoms with Crippen LogP contribution in [0.1, 0.15) is 46.0 Å². The van der Waals surface area contributed by atoms with Gasteiger partial charge < -0.3 is 14.6 Å². The van der Waals surface area contributed by atoms with Gasteiger partial charge in [-0.3, -0.25) is 0 Å². The van der Waals surface area contributed by atoms with E-state index in [1.165, 1.54) is 0 Å². The van der Waals surface area contributed by atoms with Crippen molar-refractivity contribution in [2.24, 2.45) is 0 Å². The molecule has 1 unspecified atom stereocenters. The van der Waals surface area contributed by atoms with Gasteiger partial charge in [0, 0.05) is 12.6 Å². The molecule has 0 radical (unpaired) electrons. The first-order valence-electron chi connectivity index (χ1n) is 5.39. The molecule has 0 saturated carbocycles. The van der Waals surface area contributed by atoms with Crippen LogP contribution in [0.15, 0.2) is 4.52 Å². The number of aromatic nitrogens is 2. The van der Waals surface area contributed by atoms with E-state index < -0.39 is 0 Å². The van der Waals surface area contributed by atoms with Gasteiger partial charge in [-0.05, 0) is 27.2 Å². The minimum Gasteiger partial charge on any atom is -0.370 e. The van der Waals surface area contributed by atoms with E-state index in [9.17, 15) is 0 Å². The van der Waals surface area contributed by atoms with Gasteiger partial charge in [0.25, 0.3) is 0 Å². The first-order chi connectivity index (χ1) is 7.17. The lowest BCUT2D eigenvalue weighted by atomic mass is 10.2. The highest BCUT2D eigenvalue weighted by Crippen LogP contribution is 2.19. The zero-order chi connectivity index (χ0) is 11.3. The van der Waals surface area contributed by atoms with E-state index in [1.54, 1.807) is 0 Å². The molecular formula is C10H19N3O2. The summed E-state index contributed by atoms with van der Waals surface area (Å²) in [5, 5.41) is 6.94. The minimum absolute atomic E-state index is 0.0681. The van der Waals surface area contributed by atoms with Crippen molar-refractivity contribution in [2.75, 3.05) is 11.9 Å². The van der Waals surface area contributed by atoms with Crippen molar-refractivity contribution in [3.63, 3.8) is 0 Å². The highest BCUT2D eigenvalue weighted by atomic mass is 16.5. The molecule has 1 rings (SSSR count). The van der Waals surface area contributed by atoms with Crippen molar-refractivity contribution in [1.29, 1.82) is 0 Å². The van der Waals surface area contributed by atoms with Crippen LogP contribution < -0.4 is 5.32 Å². The second-order valence-corrected chi connectivity index (χ2v) is 3.61. The number of rotatable bonds is 6. The smallest absolute Gasteiger partial charge is 0.321 e. The Morgan fingerprint density at radius 2 is 2.13 bits per heavy atom. The van der Waals surface area contributed by atoms with E-state index in [0.29, 0.717) is 18.4 Å². The molecule has 1 heterocycles. The third-order valence-electron chi connectivity index (χ3n) is 1.88. The van der Waals surface area contributed by atoms with Crippen LogP contribution in [0.3, 0.4) is 0 Å². The van der Waals surface area contributed by atoms with Crippen molar-refractivity contribution >= 4 is 6.01 Å². The fourth-order valence-electron chi connectivity index (χ4n) is 1.25. The monoisotopic (exact) mass is 213 g/mol. The van der Waals surface area contributed by atoms with Crippen molar-refractivity contribution in [1.82, 2.24) is 10.1 Å². The van der Waals surface area contributed by atoms with E-state index in [-0.39, 0.29) is 12.1 Å². The third-order valence-corrected chi connectivity index (χ3v) is 1.88. The summed E-state index contributed by atoms with van der Waals surface area (Å²) < 4.78 is 10.5. The molecule has 0 bridgehead atoms. The topological polar surface area (TPSA) is 60.2 Å². The van der Waals surface area contributed by atoms with Crippen LogP contribution in [0.25, 0.3) is 0 Å². The SMILES string of the molecule is CCOC(CC)c1noc(NC(C)C)n1. The van der Waals surface area contributed by atoms with Crippen LogP contribution in [-0.4, -0.2) is 22.8 Å². The summed E-state index contributed by atoms with van der Waals surface area (Å²) in [5.41, 5.74) is 0. The predicted molar refractivity (Wildman–Crippen MR) is 57.7 cm³/mol. The Morgan fingerprint density at radius 3 is 2.67 bits per heavy atom. The number of hydrogen-bond acceptors (Lipinski definition) is 5. The maximum Gasteiger partial charge on any atom is 0.321 e. The Labute approximate surface area is 90.2 Å². The first kappa shape index (κ1) is 12.0. The summed E-state index contributed by atoms with van der Waals surface area (Å²) in [4.78, 5) is 4.23. The summed E-state index contributed by atoms with van der Waals surface area (Å²) in [5.74, 6) is 0.613. The van der Waals surface area contributed by atoms with Crippen molar-refractivity contribution in [2.45, 2.75) is 46.3 Å². The number of anilines is 1. The molecule has 86 valence electrons. The lowest BCUT2D eigenvalue weighted by Gasteiger charge is -2.09. The summed E-state index contributed by atoms with van der Waals surface area (Å²) in [6, 6.07) is 0.739. The maximum atomic E-state index is 5.48. The molecule has 0 aliphatic carbocycles. The Hall–Kier alpha value is -1.10. The van der Waals surface area contributed by atoms with Crippen LogP contribution in [0, 0.1) is 0 Å². The van der Waals surface area contributed by atoms with Gasteiger partial charge in [-0.1, -0.05) is 12.1 Å². The molecule has 15 heavy (non-hydrogen) atoms. The standard InChI is InChI=1S/C10H19N3O2/c1-5-8(14-6-2)9-12-10(15-13-9)11-7(3)4/h7-8H,5-6H2,1-4H3,(H,11,12,13). The minimum atomic E-state index is -0.0681. The van der Waals surface area contributed by atoms with Crippen LogP contribution in [0.2, 0.25) is 0 Å². The Morgan fingerprint density at radius 1 is 1.40 bits per heavy atom. The summed E-state index contributed by atoms with van der Waals surface area (Å²) >= 11 is 0. The molecular weight excluding hydrogens is 194 g/mol. The number of ether oxygens (including phenoxy) is 1. The van der Waals surface area contributed by atoms with E-state index in [2.05, 4.69) is 15.5 Å². The summed E-state index contributed by atoms with van der Waals surface area (Å²) in [7, 11) is 0. The van der Waals surface area contributed by atoms with Crippen molar-refractivity contribution in [3.05, 3.63) is 5.82 Å². The molecule has 0 aromatic carbocycles. The van der Waals surface area contributed by atoms with Crippen LogP contribution in [0.4, 0.5) is 6.01 Å². The molecule has 0 amide bonds. The summed E-state index contributed by atoms with van der Waals surface area (Å²) in [6.45, 7) is 8.68. The molecule has 1 aromatic rings. The maximum absolute atomic E-state index is 5.48. The van der Waals surface area contributed by atoms with Gasteiger partial charge in [0.15, 0.2) is 0 Å². The molecule has 1 N–H and O–H groups in total. The fraction of sp³-hybridized carbons (Fsp3) is 0.800. The first-order valence-corrected chi connectivity index (χ1v) is 5.39. The molecule has 5 nitrogen and oxygen atoms in total. The number of nitrogens with one attached hydrogen (secondary N) is 1. The van der Waals surface area contributed by atoms with Gasteiger partial charge in [-0.15, -0.1) is 0 Å². The number of nitrogens with zero attached hydrogens (tertiary/aromatic N) is 2. The Balaban J connectivity index is 2.64. The van der Waals surface area contributed by atoms with Gasteiger partial charge in [-0.2, -0.15) is 4.98 Å². The van der Waals surface area contributed by atoms with E-state index >= 15 is 0 Å². The fourth-order valence-corrected chi connectivity index (χ4v) is 1.25. The molecule has 5 heteroatoms. The van der Waals surface area contributed by atoms with Crippen LogP contribution in [-0.2, 0) is 4.74 Å². The predicted octanol–water partition coefficient (Wildman–Crippen LogP) is 2.38. The average Bonchev–Trinajstić information content (AvgIpc) is 2.61. The Bertz CT molecular complexity index is 286. The molecule has 0 spiro atoms. The molecule has 1 aromatic heterocycles. The second-order valence-electron chi connectivity index (χ2n) is 3.61. The van der Waals surface area contributed by atoms with Gasteiger partial charge >= 0.3 is 6.01 Å². The zero-order valence-corrected chi connectivity index (χ0v) is 9.78. The van der Waals surface area contributed by atoms with Gasteiger partial charge in [-0.25, -0.2) is 0 Å². The summed E-state index contributed by atoms with van der Waals surface area (Å²) in [6.07, 6.45) is 0.774. The number of hydrogen-bond donors (Lipinski definition) is 1. The van der Waals surface area contributed by atoms with E-state index in [0.717, 1.165) is 6.42 Å². The van der Waals surface area contributed by atoms with Crippen molar-refractivity contribution in [3.8, 4) is 0 Å². The molecule has 0 fully saturated rings. The van der Waals surface area contributed by atoms with Crippen molar-refractivity contribution < 1.29 is 9.26 Å². The molecule has 0 saturated heterocycles. The quantitative estimate of drug-likeness (QED) is 0.786. The lowest BCUT2D eigenvalue weighted by molar-refractivity contribution is 0.0518. The highest BCUT2D eigenvalue weighted by molar-refractivity contribution is 5.19. The van der Waals surface area contributed by atoms with E-state index in [1.807, 2.05) is 27.7 Å². The average molecular weight is 213 g/mol. The Kier molecular flexibility index (Phi) is 4.55. The van der Waals surface area contributed by atoms with Gasteiger partial charge in [0.2, 0.25) is 5.82 Å². The largest absolute Gasteiger partial charge is 0.370 e. The zero-order valence-electron chi connectivity index (χ0n) is 9.78. The molecule has 1 atom stereocenters. The molecule has 0 aliphatic heterocycles.